The molecule has 0 aliphatic heterocycles. The number of nitrogens with zero attached hydrogens (tertiary/aromatic N) is 1. The number of benzene rings is 1. The number of aliphatic carboxylic acids is 1. The van der Waals surface area contributed by atoms with Crippen molar-refractivity contribution >= 4 is 23.2 Å². The molecule has 1 aromatic carbocycles. The standard InChI is InChI=1S/C16H18N2O3S/c1-10(6-7-14(19)20)17-15(21)12-4-3-5-13(8-12)16-18-11(2)9-22-16/h3-5,8-10H,6-7H2,1-2H3,(H,17,21)(H,19,20). The zero-order valence-electron chi connectivity index (χ0n) is 12.5. The first-order valence-corrected chi connectivity index (χ1v) is 7.89. The fourth-order valence-corrected chi connectivity index (χ4v) is 2.79. The monoisotopic (exact) mass is 318 g/mol. The largest absolute Gasteiger partial charge is 0.481 e. The highest BCUT2D eigenvalue weighted by Gasteiger charge is 2.12. The van der Waals surface area contributed by atoms with E-state index in [9.17, 15) is 9.59 Å². The van der Waals surface area contributed by atoms with Gasteiger partial charge in [-0.1, -0.05) is 12.1 Å². The normalized spacial score (nSPS) is 11.9. The predicted molar refractivity (Wildman–Crippen MR) is 86.1 cm³/mol. The number of aryl methyl sites for hydroxylation is 1. The SMILES string of the molecule is Cc1csc(-c2cccc(C(=O)NC(C)CCC(=O)O)c2)n1. The number of carboxylic acid groups (broad SMARTS) is 1. The number of carbonyl (C=O) groups is 2. The molecule has 2 aromatic rings. The minimum Gasteiger partial charge on any atom is -0.481 e. The van der Waals surface area contributed by atoms with Crippen LogP contribution in [-0.4, -0.2) is 28.0 Å². The summed E-state index contributed by atoms with van der Waals surface area (Å²) in [5.41, 5.74) is 2.41. The van der Waals surface area contributed by atoms with E-state index in [4.69, 9.17) is 5.11 Å². The second-order valence-electron chi connectivity index (χ2n) is 5.18. The average molecular weight is 318 g/mol. The van der Waals surface area contributed by atoms with Crippen LogP contribution in [0.15, 0.2) is 29.6 Å². The summed E-state index contributed by atoms with van der Waals surface area (Å²) in [6.07, 6.45) is 0.451. The molecule has 0 bridgehead atoms. The summed E-state index contributed by atoms with van der Waals surface area (Å²) in [5.74, 6) is -1.06. The second-order valence-corrected chi connectivity index (χ2v) is 6.04. The van der Waals surface area contributed by atoms with Gasteiger partial charge in [-0.15, -0.1) is 11.3 Å². The summed E-state index contributed by atoms with van der Waals surface area (Å²) < 4.78 is 0. The molecule has 2 rings (SSSR count). The van der Waals surface area contributed by atoms with Crippen molar-refractivity contribution in [2.24, 2.45) is 0 Å². The Morgan fingerprint density at radius 2 is 2.18 bits per heavy atom. The topological polar surface area (TPSA) is 79.3 Å². The summed E-state index contributed by atoms with van der Waals surface area (Å²) >= 11 is 1.54. The minimum atomic E-state index is -0.859. The lowest BCUT2D eigenvalue weighted by molar-refractivity contribution is -0.137. The maximum absolute atomic E-state index is 12.2. The fraction of sp³-hybridized carbons (Fsp3) is 0.312. The van der Waals surface area contributed by atoms with Crippen molar-refractivity contribution in [3.8, 4) is 10.6 Å². The fourth-order valence-electron chi connectivity index (χ4n) is 2.00. The maximum atomic E-state index is 12.2. The Hall–Kier alpha value is -2.21. The third-order valence-electron chi connectivity index (χ3n) is 3.16. The number of carbonyl (C=O) groups excluding carboxylic acids is 1. The quantitative estimate of drug-likeness (QED) is 0.857. The van der Waals surface area contributed by atoms with Crippen LogP contribution in [-0.2, 0) is 4.79 Å². The second kappa shape index (κ2) is 7.17. The van der Waals surface area contributed by atoms with Gasteiger partial charge >= 0.3 is 5.97 Å². The lowest BCUT2D eigenvalue weighted by Crippen LogP contribution is -2.32. The van der Waals surface area contributed by atoms with Crippen molar-refractivity contribution in [2.75, 3.05) is 0 Å². The molecule has 5 nitrogen and oxygen atoms in total. The molecule has 0 spiro atoms. The van der Waals surface area contributed by atoms with Gasteiger partial charge in [0, 0.05) is 34.7 Å². The van der Waals surface area contributed by atoms with Crippen LogP contribution in [0.2, 0.25) is 0 Å². The maximum Gasteiger partial charge on any atom is 0.303 e. The van der Waals surface area contributed by atoms with E-state index in [2.05, 4.69) is 10.3 Å². The summed E-state index contributed by atoms with van der Waals surface area (Å²) in [5, 5.41) is 14.3. The van der Waals surface area contributed by atoms with E-state index >= 15 is 0 Å². The van der Waals surface area contributed by atoms with Crippen LogP contribution in [0.5, 0.6) is 0 Å². The summed E-state index contributed by atoms with van der Waals surface area (Å²) in [7, 11) is 0. The Morgan fingerprint density at radius 1 is 1.41 bits per heavy atom. The van der Waals surface area contributed by atoms with E-state index in [1.165, 1.54) is 0 Å². The minimum absolute atomic E-state index is 0.0415. The Morgan fingerprint density at radius 3 is 2.82 bits per heavy atom. The van der Waals surface area contributed by atoms with Gasteiger partial charge in [-0.3, -0.25) is 9.59 Å². The van der Waals surface area contributed by atoms with E-state index in [0.717, 1.165) is 16.3 Å². The van der Waals surface area contributed by atoms with Crippen LogP contribution in [0.4, 0.5) is 0 Å². The smallest absolute Gasteiger partial charge is 0.303 e. The molecular formula is C16H18N2O3S. The molecule has 0 fully saturated rings. The Labute approximate surface area is 133 Å². The number of amides is 1. The molecule has 1 heterocycles. The highest BCUT2D eigenvalue weighted by atomic mass is 32.1. The van der Waals surface area contributed by atoms with Gasteiger partial charge < -0.3 is 10.4 Å². The summed E-state index contributed by atoms with van der Waals surface area (Å²) in [6, 6.07) is 7.10. The van der Waals surface area contributed by atoms with Crippen molar-refractivity contribution in [3.63, 3.8) is 0 Å². The molecule has 0 aliphatic rings. The van der Waals surface area contributed by atoms with Gasteiger partial charge in [0.15, 0.2) is 0 Å². The number of nitrogens with one attached hydrogen (secondary N) is 1. The molecule has 0 aliphatic carbocycles. The van der Waals surface area contributed by atoms with Crippen LogP contribution >= 0.6 is 11.3 Å². The van der Waals surface area contributed by atoms with Gasteiger partial charge in [0.05, 0.1) is 0 Å². The number of rotatable bonds is 6. The van der Waals surface area contributed by atoms with Crippen molar-refractivity contribution in [2.45, 2.75) is 32.7 Å². The van der Waals surface area contributed by atoms with Crippen LogP contribution in [0, 0.1) is 6.92 Å². The molecule has 1 aromatic heterocycles. The average Bonchev–Trinajstić information content (AvgIpc) is 2.92. The van der Waals surface area contributed by atoms with E-state index in [1.54, 1.807) is 30.4 Å². The first-order valence-electron chi connectivity index (χ1n) is 7.01. The zero-order valence-corrected chi connectivity index (χ0v) is 13.3. The van der Waals surface area contributed by atoms with E-state index in [0.29, 0.717) is 12.0 Å². The molecule has 0 saturated heterocycles. The van der Waals surface area contributed by atoms with Gasteiger partial charge in [-0.2, -0.15) is 0 Å². The lowest BCUT2D eigenvalue weighted by atomic mass is 10.1. The van der Waals surface area contributed by atoms with Gasteiger partial charge in [0.1, 0.15) is 5.01 Å². The zero-order chi connectivity index (χ0) is 16.1. The van der Waals surface area contributed by atoms with Crippen LogP contribution < -0.4 is 5.32 Å². The van der Waals surface area contributed by atoms with E-state index in [-0.39, 0.29) is 18.4 Å². The van der Waals surface area contributed by atoms with E-state index < -0.39 is 5.97 Å². The first kappa shape index (κ1) is 16.2. The molecule has 0 radical (unpaired) electrons. The number of thiazole rings is 1. The first-order chi connectivity index (χ1) is 10.5. The molecule has 1 unspecified atom stereocenters. The molecule has 6 heteroatoms. The summed E-state index contributed by atoms with van der Waals surface area (Å²) in [4.78, 5) is 27.2. The van der Waals surface area contributed by atoms with Crippen molar-refractivity contribution in [1.29, 1.82) is 0 Å². The third-order valence-corrected chi connectivity index (χ3v) is 4.17. The Kier molecular flexibility index (Phi) is 5.27. The molecule has 0 saturated carbocycles. The molecule has 22 heavy (non-hydrogen) atoms. The Balaban J connectivity index is 2.05. The van der Waals surface area contributed by atoms with Crippen molar-refractivity contribution in [3.05, 3.63) is 40.9 Å². The van der Waals surface area contributed by atoms with E-state index in [1.807, 2.05) is 24.4 Å². The number of hydrogen-bond acceptors (Lipinski definition) is 4. The number of aromatic nitrogens is 1. The predicted octanol–water partition coefficient (Wildman–Crippen LogP) is 3.10. The highest BCUT2D eigenvalue weighted by molar-refractivity contribution is 7.13. The van der Waals surface area contributed by atoms with Gasteiger partial charge in [-0.25, -0.2) is 4.98 Å². The molecular weight excluding hydrogens is 300 g/mol. The number of carboxylic acids is 1. The molecule has 1 amide bonds. The van der Waals surface area contributed by atoms with Gasteiger partial charge in [0.2, 0.25) is 0 Å². The molecule has 2 N–H and O–H groups in total. The van der Waals surface area contributed by atoms with Crippen LogP contribution in [0.25, 0.3) is 10.6 Å². The molecule has 1 atom stereocenters. The molecule has 116 valence electrons. The Bertz CT molecular complexity index is 682. The van der Waals surface area contributed by atoms with Crippen molar-refractivity contribution < 1.29 is 14.7 Å². The number of hydrogen-bond donors (Lipinski definition) is 2. The third kappa shape index (κ3) is 4.39. The van der Waals surface area contributed by atoms with Gasteiger partial charge in [0.25, 0.3) is 5.91 Å². The summed E-state index contributed by atoms with van der Waals surface area (Å²) in [6.45, 7) is 3.73. The van der Waals surface area contributed by atoms with Crippen LogP contribution in [0.1, 0.15) is 35.8 Å². The van der Waals surface area contributed by atoms with Gasteiger partial charge in [-0.05, 0) is 32.4 Å². The van der Waals surface area contributed by atoms with Crippen LogP contribution in [0.3, 0.4) is 0 Å². The lowest BCUT2D eigenvalue weighted by Gasteiger charge is -2.13. The van der Waals surface area contributed by atoms with Crippen molar-refractivity contribution in [1.82, 2.24) is 10.3 Å². The highest BCUT2D eigenvalue weighted by Crippen LogP contribution is 2.24.